The lowest BCUT2D eigenvalue weighted by Gasteiger charge is -2.18. The van der Waals surface area contributed by atoms with Gasteiger partial charge in [-0.05, 0) is 42.2 Å². The van der Waals surface area contributed by atoms with Gasteiger partial charge in [-0.2, -0.15) is 0 Å². The number of nitrogens with one attached hydrogen (secondary N) is 2. The Hall–Kier alpha value is -2.71. The second kappa shape index (κ2) is 10.1. The van der Waals surface area contributed by atoms with Gasteiger partial charge in [-0.25, -0.2) is 0 Å². The molecule has 31 heavy (non-hydrogen) atoms. The first kappa shape index (κ1) is 23.0. The predicted molar refractivity (Wildman–Crippen MR) is 127 cm³/mol. The number of nitrogens with zero attached hydrogens (tertiary/aromatic N) is 2. The van der Waals surface area contributed by atoms with Gasteiger partial charge >= 0.3 is 0 Å². The maximum absolute atomic E-state index is 13.0. The lowest BCUT2D eigenvalue weighted by Crippen LogP contribution is -2.19. The zero-order valence-corrected chi connectivity index (χ0v) is 19.6. The average Bonchev–Trinajstić information content (AvgIpc) is 3.11. The Labute approximate surface area is 190 Å². The van der Waals surface area contributed by atoms with Gasteiger partial charge in [0.25, 0.3) is 0 Å². The molecule has 1 heterocycles. The van der Waals surface area contributed by atoms with Crippen molar-refractivity contribution in [2.24, 2.45) is 5.41 Å². The highest BCUT2D eigenvalue weighted by atomic mass is 32.2. The van der Waals surface area contributed by atoms with Crippen LogP contribution in [0, 0.1) is 12.3 Å². The summed E-state index contributed by atoms with van der Waals surface area (Å²) in [6, 6.07) is 17.2. The van der Waals surface area contributed by atoms with Gasteiger partial charge in [0, 0.05) is 17.0 Å². The molecule has 0 bridgehead atoms. The van der Waals surface area contributed by atoms with Crippen LogP contribution in [0.25, 0.3) is 0 Å². The number of benzene rings is 2. The van der Waals surface area contributed by atoms with E-state index in [9.17, 15) is 9.59 Å². The van der Waals surface area contributed by atoms with Crippen LogP contribution in [0.3, 0.4) is 0 Å². The first-order chi connectivity index (χ1) is 14.7. The number of hydrogen-bond donors (Lipinski definition) is 2. The van der Waals surface area contributed by atoms with Crippen LogP contribution in [-0.4, -0.2) is 22.0 Å². The number of aromatic nitrogens is 2. The van der Waals surface area contributed by atoms with E-state index in [1.54, 1.807) is 0 Å². The van der Waals surface area contributed by atoms with E-state index in [4.69, 9.17) is 0 Å². The lowest BCUT2D eigenvalue weighted by molar-refractivity contribution is -0.118. The molecule has 1 unspecified atom stereocenters. The monoisotopic (exact) mass is 454 g/mol. The second-order valence-corrected chi connectivity index (χ2v) is 10.7. The predicted octanol–water partition coefficient (Wildman–Crippen LogP) is 5.69. The number of carbonyl (C=O) groups is 2. The van der Waals surface area contributed by atoms with Crippen LogP contribution in [0.1, 0.15) is 43.0 Å². The van der Waals surface area contributed by atoms with Gasteiger partial charge in [-0.3, -0.25) is 14.9 Å². The molecule has 6 nitrogen and oxygen atoms in total. The molecule has 3 aromatic rings. The van der Waals surface area contributed by atoms with Crippen LogP contribution in [0.15, 0.2) is 59.5 Å². The van der Waals surface area contributed by atoms with Gasteiger partial charge in [-0.15, -0.1) is 22.0 Å². The van der Waals surface area contributed by atoms with Crippen molar-refractivity contribution in [2.75, 3.05) is 10.6 Å². The summed E-state index contributed by atoms with van der Waals surface area (Å²) in [4.78, 5) is 26.1. The topological polar surface area (TPSA) is 84.0 Å². The van der Waals surface area contributed by atoms with E-state index < -0.39 is 5.25 Å². The van der Waals surface area contributed by atoms with Gasteiger partial charge in [0.2, 0.25) is 16.9 Å². The summed E-state index contributed by atoms with van der Waals surface area (Å²) in [5.41, 5.74) is 1.57. The fraction of sp³-hybridized carbons (Fsp3) is 0.304. The first-order valence-electron chi connectivity index (χ1n) is 9.92. The molecule has 0 aliphatic heterocycles. The number of thioether (sulfide) groups is 1. The van der Waals surface area contributed by atoms with Crippen molar-refractivity contribution in [1.82, 2.24) is 10.2 Å². The number of anilines is 2. The van der Waals surface area contributed by atoms with E-state index in [1.165, 1.54) is 23.1 Å². The van der Waals surface area contributed by atoms with Crippen LogP contribution < -0.4 is 10.6 Å². The molecule has 2 N–H and O–H groups in total. The Kier molecular flexibility index (Phi) is 7.46. The van der Waals surface area contributed by atoms with E-state index in [0.29, 0.717) is 11.6 Å². The minimum absolute atomic E-state index is 0.0122. The Bertz CT molecular complexity index is 1030. The smallest absolute Gasteiger partial charge is 0.244 e. The number of aryl methyl sites for hydroxylation is 1. The number of carbonyl (C=O) groups excluding carboxylic acids is 2. The van der Waals surface area contributed by atoms with Crippen LogP contribution in [0.5, 0.6) is 0 Å². The van der Waals surface area contributed by atoms with E-state index in [1.807, 2.05) is 82.3 Å². The minimum atomic E-state index is -0.452. The first-order valence-corrected chi connectivity index (χ1v) is 11.6. The molecule has 0 fully saturated rings. The zero-order valence-electron chi connectivity index (χ0n) is 18.0. The molecule has 0 radical (unpaired) electrons. The van der Waals surface area contributed by atoms with Crippen molar-refractivity contribution >= 4 is 45.7 Å². The maximum Gasteiger partial charge on any atom is 0.244 e. The van der Waals surface area contributed by atoms with Crippen LogP contribution in [0.2, 0.25) is 0 Å². The summed E-state index contributed by atoms with van der Waals surface area (Å²) in [5, 5.41) is 14.6. The summed E-state index contributed by atoms with van der Waals surface area (Å²) < 4.78 is 0. The fourth-order valence-corrected chi connectivity index (χ4v) is 4.48. The van der Waals surface area contributed by atoms with Crippen LogP contribution in [0.4, 0.5) is 10.8 Å². The fourth-order valence-electron chi connectivity index (χ4n) is 2.86. The Morgan fingerprint density at radius 3 is 2.26 bits per heavy atom. The van der Waals surface area contributed by atoms with Gasteiger partial charge < -0.3 is 5.32 Å². The van der Waals surface area contributed by atoms with Gasteiger partial charge in [0.05, 0.1) is 0 Å². The Balaban J connectivity index is 1.72. The van der Waals surface area contributed by atoms with Crippen molar-refractivity contribution in [3.8, 4) is 0 Å². The van der Waals surface area contributed by atoms with Crippen molar-refractivity contribution in [2.45, 2.75) is 44.3 Å². The summed E-state index contributed by atoms with van der Waals surface area (Å²) in [7, 11) is 0. The third-order valence-corrected chi connectivity index (χ3v) is 6.20. The molecule has 1 atom stereocenters. The molecular weight excluding hydrogens is 428 g/mol. The molecule has 1 aromatic heterocycles. The van der Waals surface area contributed by atoms with E-state index in [2.05, 4.69) is 20.8 Å². The largest absolute Gasteiger partial charge is 0.326 e. The number of hydrogen-bond acceptors (Lipinski definition) is 6. The minimum Gasteiger partial charge on any atom is -0.326 e. The zero-order chi connectivity index (χ0) is 22.4. The molecule has 3 rings (SSSR count). The average molecular weight is 455 g/mol. The summed E-state index contributed by atoms with van der Waals surface area (Å²) in [6.07, 6.45) is 0.449. The molecule has 0 spiro atoms. The molecule has 8 heteroatoms. The van der Waals surface area contributed by atoms with Crippen molar-refractivity contribution in [3.05, 3.63) is 65.2 Å². The molecule has 0 aliphatic rings. The van der Waals surface area contributed by atoms with Crippen molar-refractivity contribution in [1.29, 1.82) is 0 Å². The second-order valence-electron chi connectivity index (χ2n) is 8.33. The SMILES string of the molecule is Cc1nnc(NC(=O)C(Sc2ccc(NC(=O)CC(C)(C)C)cc2)c2ccccc2)s1. The van der Waals surface area contributed by atoms with Gasteiger partial charge in [0.15, 0.2) is 0 Å². The highest BCUT2D eigenvalue weighted by molar-refractivity contribution is 8.00. The summed E-state index contributed by atoms with van der Waals surface area (Å²) in [5.74, 6) is -0.170. The third kappa shape index (κ3) is 7.18. The van der Waals surface area contributed by atoms with E-state index in [-0.39, 0.29) is 17.2 Å². The number of amides is 2. The van der Waals surface area contributed by atoms with Crippen LogP contribution >= 0.6 is 23.1 Å². The Morgan fingerprint density at radius 1 is 1.00 bits per heavy atom. The van der Waals surface area contributed by atoms with Crippen molar-refractivity contribution < 1.29 is 9.59 Å². The molecule has 2 amide bonds. The molecule has 0 saturated heterocycles. The number of rotatable bonds is 7. The van der Waals surface area contributed by atoms with Gasteiger partial charge in [0.1, 0.15) is 10.3 Å². The highest BCUT2D eigenvalue weighted by Gasteiger charge is 2.23. The molecule has 0 saturated carbocycles. The molecule has 2 aromatic carbocycles. The summed E-state index contributed by atoms with van der Waals surface area (Å²) >= 11 is 2.79. The quantitative estimate of drug-likeness (QED) is 0.448. The normalized spacial score (nSPS) is 12.3. The van der Waals surface area contributed by atoms with Gasteiger partial charge in [-0.1, -0.05) is 62.4 Å². The van der Waals surface area contributed by atoms with E-state index in [0.717, 1.165) is 21.2 Å². The Morgan fingerprint density at radius 2 is 1.68 bits per heavy atom. The standard InChI is InChI=1S/C23H26N4O2S2/c1-15-26-27-22(30-15)25-21(29)20(16-8-6-5-7-9-16)31-18-12-10-17(11-13-18)24-19(28)14-23(2,3)4/h5-13,20H,14H2,1-4H3,(H,24,28)(H,25,27,29). The molecule has 0 aliphatic carbocycles. The van der Waals surface area contributed by atoms with Crippen molar-refractivity contribution in [3.63, 3.8) is 0 Å². The summed E-state index contributed by atoms with van der Waals surface area (Å²) in [6.45, 7) is 7.94. The lowest BCUT2D eigenvalue weighted by atomic mass is 9.92. The van der Waals surface area contributed by atoms with E-state index >= 15 is 0 Å². The highest BCUT2D eigenvalue weighted by Crippen LogP contribution is 2.37. The third-order valence-electron chi connectivity index (χ3n) is 4.18. The van der Waals surface area contributed by atoms with Crippen LogP contribution in [-0.2, 0) is 9.59 Å². The molecule has 162 valence electrons. The maximum atomic E-state index is 13.0. The molecular formula is C23H26N4O2S2.